The normalized spacial score (nSPS) is 12.8. The summed E-state index contributed by atoms with van der Waals surface area (Å²) in [5.74, 6) is -1.28. The van der Waals surface area contributed by atoms with Crippen LogP contribution < -0.4 is 5.32 Å². The number of unbranched alkanes of at least 4 members (excludes halogenated alkanes) is 18. The SMILES string of the molecule is CC/C=C\C/C=C\C/C=C\C/C=C\C/C=C\C/C=C\CCCCC(=O)OC(CCCCCCCCCCCCCCC)CCCCCCCC(=O)NCC(=O)O. The molecule has 6 heteroatoms. The zero-order chi connectivity index (χ0) is 40.8. The van der Waals surface area contributed by atoms with Crippen LogP contribution >= 0.6 is 0 Å². The van der Waals surface area contributed by atoms with Crippen LogP contribution in [0, 0.1) is 0 Å². The van der Waals surface area contributed by atoms with Gasteiger partial charge in [-0.3, -0.25) is 14.4 Å². The number of esters is 1. The summed E-state index contributed by atoms with van der Waals surface area (Å²) in [6.45, 7) is 4.11. The maximum Gasteiger partial charge on any atom is 0.322 e. The average Bonchev–Trinajstić information content (AvgIpc) is 3.18. The highest BCUT2D eigenvalue weighted by molar-refractivity contribution is 5.80. The van der Waals surface area contributed by atoms with Crippen LogP contribution in [0.1, 0.15) is 213 Å². The van der Waals surface area contributed by atoms with Crippen molar-refractivity contribution >= 4 is 17.8 Å². The van der Waals surface area contributed by atoms with E-state index in [9.17, 15) is 14.4 Å². The van der Waals surface area contributed by atoms with Crippen LogP contribution in [0.15, 0.2) is 72.9 Å². The van der Waals surface area contributed by atoms with E-state index >= 15 is 0 Å². The molecule has 0 aromatic rings. The van der Waals surface area contributed by atoms with Gasteiger partial charge in [0.15, 0.2) is 0 Å². The first-order chi connectivity index (χ1) is 27.5. The van der Waals surface area contributed by atoms with Gasteiger partial charge in [-0.2, -0.15) is 0 Å². The summed E-state index contributed by atoms with van der Waals surface area (Å²) in [7, 11) is 0. The molecule has 0 aliphatic carbocycles. The van der Waals surface area contributed by atoms with Crippen molar-refractivity contribution in [2.24, 2.45) is 0 Å². The van der Waals surface area contributed by atoms with Gasteiger partial charge in [-0.05, 0) is 89.9 Å². The first kappa shape index (κ1) is 52.9. The number of carboxylic acid groups (broad SMARTS) is 1. The molecule has 56 heavy (non-hydrogen) atoms. The zero-order valence-electron chi connectivity index (χ0n) is 36.2. The number of amides is 1. The third kappa shape index (κ3) is 43.6. The first-order valence-electron chi connectivity index (χ1n) is 23.1. The Balaban J connectivity index is 4.25. The van der Waals surface area contributed by atoms with Gasteiger partial charge in [-0.25, -0.2) is 0 Å². The maximum atomic E-state index is 12.8. The lowest BCUT2D eigenvalue weighted by Crippen LogP contribution is -2.28. The van der Waals surface area contributed by atoms with Crippen molar-refractivity contribution in [3.8, 4) is 0 Å². The van der Waals surface area contributed by atoms with Gasteiger partial charge in [0.25, 0.3) is 0 Å². The van der Waals surface area contributed by atoms with E-state index in [0.29, 0.717) is 12.8 Å². The first-order valence-corrected chi connectivity index (χ1v) is 23.1. The highest BCUT2D eigenvalue weighted by Crippen LogP contribution is 2.19. The number of hydrogen-bond donors (Lipinski definition) is 2. The second kappa shape index (κ2) is 44.6. The summed E-state index contributed by atoms with van der Waals surface area (Å²) in [4.78, 5) is 35.1. The fourth-order valence-electron chi connectivity index (χ4n) is 6.52. The molecule has 320 valence electrons. The Kier molecular flexibility index (Phi) is 42.1. The zero-order valence-corrected chi connectivity index (χ0v) is 36.2. The van der Waals surface area contributed by atoms with Crippen molar-refractivity contribution in [2.75, 3.05) is 6.54 Å². The number of carboxylic acids is 1. The van der Waals surface area contributed by atoms with E-state index in [-0.39, 0.29) is 24.5 Å². The topological polar surface area (TPSA) is 92.7 Å². The van der Waals surface area contributed by atoms with Crippen molar-refractivity contribution in [3.63, 3.8) is 0 Å². The average molecular weight is 780 g/mol. The molecule has 6 nitrogen and oxygen atoms in total. The van der Waals surface area contributed by atoms with Gasteiger partial charge >= 0.3 is 11.9 Å². The molecule has 0 saturated carbocycles. The predicted octanol–water partition coefficient (Wildman–Crippen LogP) is 14.6. The summed E-state index contributed by atoms with van der Waals surface area (Å²) in [6.07, 6.45) is 60.3. The van der Waals surface area contributed by atoms with Gasteiger partial charge in [0.1, 0.15) is 12.6 Å². The number of ether oxygens (including phenoxy) is 1. The molecule has 1 unspecified atom stereocenters. The fraction of sp³-hybridized carbons (Fsp3) is 0.700. The Morgan fingerprint density at radius 2 is 0.875 bits per heavy atom. The minimum atomic E-state index is -1.02. The van der Waals surface area contributed by atoms with E-state index in [0.717, 1.165) is 109 Å². The molecule has 0 fully saturated rings. The summed E-state index contributed by atoms with van der Waals surface area (Å²) >= 11 is 0. The van der Waals surface area contributed by atoms with E-state index in [4.69, 9.17) is 9.84 Å². The molecule has 0 bridgehead atoms. The summed E-state index contributed by atoms with van der Waals surface area (Å²) < 4.78 is 6.03. The molecule has 0 spiro atoms. The van der Waals surface area contributed by atoms with Crippen molar-refractivity contribution in [1.29, 1.82) is 0 Å². The number of hydrogen-bond acceptors (Lipinski definition) is 4. The van der Waals surface area contributed by atoms with Crippen molar-refractivity contribution in [3.05, 3.63) is 72.9 Å². The second-order valence-corrected chi connectivity index (χ2v) is 15.3. The number of rotatable bonds is 41. The molecule has 0 aliphatic rings. The van der Waals surface area contributed by atoms with Crippen molar-refractivity contribution in [2.45, 2.75) is 219 Å². The number of aliphatic carboxylic acids is 1. The van der Waals surface area contributed by atoms with Gasteiger partial charge in [-0.15, -0.1) is 0 Å². The van der Waals surface area contributed by atoms with Gasteiger partial charge in [0.2, 0.25) is 5.91 Å². The molecular weight excluding hydrogens is 695 g/mol. The Morgan fingerprint density at radius 3 is 1.32 bits per heavy atom. The largest absolute Gasteiger partial charge is 0.480 e. The van der Waals surface area contributed by atoms with Gasteiger partial charge in [0, 0.05) is 12.8 Å². The number of carbonyl (C=O) groups excluding carboxylic acids is 2. The Labute approximate surface area is 344 Å². The molecule has 0 rings (SSSR count). The maximum absolute atomic E-state index is 12.8. The standard InChI is InChI=1S/C50H85NO5/c1-3-5-7-9-11-13-15-17-18-19-20-21-22-23-24-26-28-30-32-37-41-45-50(55)56-47(43-39-35-33-36-40-44-48(52)51-46-49(53)54)42-38-34-31-29-27-25-16-14-12-10-8-6-4-2/h5,7,11,13,17-18,20-21,23-24,28,30,47H,3-4,6,8-10,12,14-16,19,22,25-27,29,31-46H2,1-2H3,(H,51,52)(H,53,54)/b7-5-,13-11-,18-17-,21-20-,24-23-,30-28-. The molecule has 0 aliphatic heterocycles. The molecule has 1 atom stereocenters. The minimum absolute atomic E-state index is 0.000342. The van der Waals surface area contributed by atoms with E-state index in [1.165, 1.54) is 77.0 Å². The molecule has 0 aromatic carbocycles. The van der Waals surface area contributed by atoms with Gasteiger partial charge in [-0.1, -0.05) is 183 Å². The molecule has 0 saturated heterocycles. The van der Waals surface area contributed by atoms with Crippen LogP contribution in [0.2, 0.25) is 0 Å². The highest BCUT2D eigenvalue weighted by Gasteiger charge is 2.14. The third-order valence-electron chi connectivity index (χ3n) is 9.89. The molecule has 0 radical (unpaired) electrons. The number of nitrogens with one attached hydrogen (secondary N) is 1. The highest BCUT2D eigenvalue weighted by atomic mass is 16.5. The quantitative estimate of drug-likeness (QED) is 0.0366. The minimum Gasteiger partial charge on any atom is -0.480 e. The molecule has 0 aromatic heterocycles. The monoisotopic (exact) mass is 780 g/mol. The van der Waals surface area contributed by atoms with Crippen LogP contribution in [-0.2, 0) is 19.1 Å². The lowest BCUT2D eigenvalue weighted by atomic mass is 10.0. The van der Waals surface area contributed by atoms with Crippen LogP contribution in [0.25, 0.3) is 0 Å². The Bertz CT molecular complexity index is 1090. The van der Waals surface area contributed by atoms with E-state index < -0.39 is 5.97 Å². The molecule has 0 heterocycles. The van der Waals surface area contributed by atoms with Crippen molar-refractivity contribution < 1.29 is 24.2 Å². The lowest BCUT2D eigenvalue weighted by Gasteiger charge is -2.18. The summed E-state index contributed by atoms with van der Waals surface area (Å²) in [5, 5.41) is 11.1. The summed E-state index contributed by atoms with van der Waals surface area (Å²) in [5.41, 5.74) is 0. The van der Waals surface area contributed by atoms with Crippen molar-refractivity contribution in [1.82, 2.24) is 5.32 Å². The van der Waals surface area contributed by atoms with Crippen LogP contribution in [0.5, 0.6) is 0 Å². The Hall–Kier alpha value is -3.15. The van der Waals surface area contributed by atoms with E-state index in [1.54, 1.807) is 0 Å². The predicted molar refractivity (Wildman–Crippen MR) is 240 cm³/mol. The fourth-order valence-corrected chi connectivity index (χ4v) is 6.52. The molecule has 1 amide bonds. The summed E-state index contributed by atoms with van der Waals surface area (Å²) in [6, 6.07) is 0. The Morgan fingerprint density at radius 1 is 0.482 bits per heavy atom. The number of allylic oxidation sites excluding steroid dienone is 12. The molecular formula is C50H85NO5. The molecule has 2 N–H and O–H groups in total. The van der Waals surface area contributed by atoms with Crippen LogP contribution in [-0.4, -0.2) is 35.6 Å². The van der Waals surface area contributed by atoms with Gasteiger partial charge < -0.3 is 15.2 Å². The third-order valence-corrected chi connectivity index (χ3v) is 9.89. The number of carbonyl (C=O) groups is 3. The van der Waals surface area contributed by atoms with E-state index in [1.807, 2.05) is 0 Å². The second-order valence-electron chi connectivity index (χ2n) is 15.3. The van der Waals surface area contributed by atoms with Crippen LogP contribution in [0.3, 0.4) is 0 Å². The van der Waals surface area contributed by atoms with Gasteiger partial charge in [0.05, 0.1) is 0 Å². The smallest absolute Gasteiger partial charge is 0.322 e. The lowest BCUT2D eigenvalue weighted by molar-refractivity contribution is -0.150. The van der Waals surface area contributed by atoms with Crippen LogP contribution in [0.4, 0.5) is 0 Å². The van der Waals surface area contributed by atoms with E-state index in [2.05, 4.69) is 92.1 Å².